The van der Waals surface area contributed by atoms with Crippen molar-refractivity contribution in [3.63, 3.8) is 0 Å². The van der Waals surface area contributed by atoms with Gasteiger partial charge in [0.1, 0.15) is 12.0 Å². The second-order valence-corrected chi connectivity index (χ2v) is 7.53. The zero-order chi connectivity index (χ0) is 18.3. The Labute approximate surface area is 152 Å². The summed E-state index contributed by atoms with van der Waals surface area (Å²) in [5, 5.41) is 5.67. The molecule has 9 heteroatoms. The Hall–Kier alpha value is -2.42. The van der Waals surface area contributed by atoms with E-state index >= 15 is 0 Å². The maximum Gasteiger partial charge on any atom is 0.280 e. The van der Waals surface area contributed by atoms with Crippen LogP contribution in [0, 0.1) is 6.92 Å². The summed E-state index contributed by atoms with van der Waals surface area (Å²) in [6.45, 7) is 3.09. The van der Waals surface area contributed by atoms with Crippen molar-refractivity contribution in [3.05, 3.63) is 45.7 Å². The first-order chi connectivity index (χ1) is 12.5. The van der Waals surface area contributed by atoms with Crippen LogP contribution in [0.1, 0.15) is 51.8 Å². The van der Waals surface area contributed by atoms with Crippen molar-refractivity contribution in [2.75, 3.05) is 13.1 Å². The van der Waals surface area contributed by atoms with E-state index in [9.17, 15) is 13.6 Å². The van der Waals surface area contributed by atoms with Gasteiger partial charge in [-0.15, -0.1) is 11.3 Å². The van der Waals surface area contributed by atoms with E-state index in [1.54, 1.807) is 16.2 Å². The highest BCUT2D eigenvalue weighted by Gasteiger charge is 2.28. The molecular weight excluding hydrogens is 360 g/mol. The second kappa shape index (κ2) is 6.71. The molecule has 0 aliphatic carbocycles. The molecule has 0 unspecified atom stereocenters. The number of hydrogen-bond acceptors (Lipinski definition) is 5. The lowest BCUT2D eigenvalue weighted by atomic mass is 9.93. The molecule has 3 aromatic heterocycles. The van der Waals surface area contributed by atoms with E-state index in [2.05, 4.69) is 15.1 Å². The fourth-order valence-electron chi connectivity index (χ4n) is 3.36. The maximum atomic E-state index is 13.4. The summed E-state index contributed by atoms with van der Waals surface area (Å²) < 4.78 is 27.8. The monoisotopic (exact) mass is 377 g/mol. The molecule has 1 aliphatic rings. The van der Waals surface area contributed by atoms with Gasteiger partial charge in [-0.25, -0.2) is 13.8 Å². The Bertz CT molecular complexity index is 954. The van der Waals surface area contributed by atoms with Crippen LogP contribution in [-0.4, -0.2) is 43.5 Å². The molecule has 1 fully saturated rings. The number of fused-ring (bicyclic) bond motifs is 1. The van der Waals surface area contributed by atoms with Crippen LogP contribution in [0.5, 0.6) is 0 Å². The number of carbonyl (C=O) groups is 1. The third-order valence-electron chi connectivity index (χ3n) is 4.63. The van der Waals surface area contributed by atoms with Gasteiger partial charge in [0, 0.05) is 29.3 Å². The predicted molar refractivity (Wildman–Crippen MR) is 92.7 cm³/mol. The molecule has 6 nitrogen and oxygen atoms in total. The number of aryl methyl sites for hydroxylation is 1. The third kappa shape index (κ3) is 3.07. The Morgan fingerprint density at radius 3 is 2.96 bits per heavy atom. The second-order valence-electron chi connectivity index (χ2n) is 6.41. The molecule has 0 aromatic carbocycles. The summed E-state index contributed by atoms with van der Waals surface area (Å²) in [6, 6.07) is 3.27. The number of rotatable bonds is 3. The Balaban J connectivity index is 1.61. The molecule has 3 aromatic rings. The third-order valence-corrected chi connectivity index (χ3v) is 5.49. The standard InChI is InChI=1S/C17H17F2N5OS/c1-10-5-12(8-26-10)16(25)23-4-2-3-11(7-23)13-6-14(15(18)19)24-17(22-13)20-9-21-24/h5-6,8-9,11,15H,2-4,7H2,1H3/t11-/m1/s1. The molecule has 1 aliphatic heterocycles. The molecule has 4 rings (SSSR count). The smallest absolute Gasteiger partial charge is 0.280 e. The van der Waals surface area contributed by atoms with Crippen molar-refractivity contribution in [1.29, 1.82) is 0 Å². The van der Waals surface area contributed by atoms with Gasteiger partial charge >= 0.3 is 0 Å². The van der Waals surface area contributed by atoms with Gasteiger partial charge in [-0.1, -0.05) is 0 Å². The molecule has 26 heavy (non-hydrogen) atoms. The molecule has 0 N–H and O–H groups in total. The summed E-state index contributed by atoms with van der Waals surface area (Å²) >= 11 is 1.54. The quantitative estimate of drug-likeness (QED) is 0.701. The number of piperidine rings is 1. The maximum absolute atomic E-state index is 13.4. The number of aromatic nitrogens is 4. The predicted octanol–water partition coefficient (Wildman–Crippen LogP) is 3.45. The number of thiophene rings is 1. The lowest BCUT2D eigenvalue weighted by molar-refractivity contribution is 0.0706. The molecule has 0 spiro atoms. The van der Waals surface area contributed by atoms with Crippen molar-refractivity contribution in [1.82, 2.24) is 24.5 Å². The number of alkyl halides is 2. The van der Waals surface area contributed by atoms with Crippen molar-refractivity contribution >= 4 is 23.0 Å². The minimum atomic E-state index is -2.67. The Morgan fingerprint density at radius 2 is 2.23 bits per heavy atom. The topological polar surface area (TPSA) is 63.4 Å². The molecular formula is C17H17F2N5OS. The van der Waals surface area contributed by atoms with E-state index < -0.39 is 6.43 Å². The van der Waals surface area contributed by atoms with E-state index in [-0.39, 0.29) is 23.3 Å². The molecule has 1 atom stereocenters. The fraction of sp³-hybridized carbons (Fsp3) is 0.412. The van der Waals surface area contributed by atoms with Gasteiger partial charge in [-0.2, -0.15) is 14.6 Å². The van der Waals surface area contributed by atoms with Crippen molar-refractivity contribution in [3.8, 4) is 0 Å². The van der Waals surface area contributed by atoms with Crippen molar-refractivity contribution in [2.45, 2.75) is 32.1 Å². The van der Waals surface area contributed by atoms with Gasteiger partial charge in [0.25, 0.3) is 18.1 Å². The largest absolute Gasteiger partial charge is 0.338 e. The fourth-order valence-corrected chi connectivity index (χ4v) is 4.04. The molecule has 0 bridgehead atoms. The Morgan fingerprint density at radius 1 is 1.38 bits per heavy atom. The first-order valence-electron chi connectivity index (χ1n) is 8.36. The van der Waals surface area contributed by atoms with E-state index in [1.807, 2.05) is 18.4 Å². The van der Waals surface area contributed by atoms with Gasteiger partial charge in [-0.3, -0.25) is 4.79 Å². The highest BCUT2D eigenvalue weighted by Crippen LogP contribution is 2.30. The highest BCUT2D eigenvalue weighted by molar-refractivity contribution is 7.10. The molecule has 0 saturated carbocycles. The zero-order valence-electron chi connectivity index (χ0n) is 14.1. The van der Waals surface area contributed by atoms with Crippen LogP contribution in [0.4, 0.5) is 8.78 Å². The normalized spacial score (nSPS) is 18.0. The van der Waals surface area contributed by atoms with E-state index in [4.69, 9.17) is 0 Å². The summed E-state index contributed by atoms with van der Waals surface area (Å²) in [5.74, 6) is 0.0537. The first-order valence-corrected chi connectivity index (χ1v) is 9.24. The lowest BCUT2D eigenvalue weighted by Gasteiger charge is -2.32. The number of likely N-dealkylation sites (tertiary alicyclic amines) is 1. The first kappa shape index (κ1) is 17.0. The number of halogens is 2. The Kier molecular flexibility index (Phi) is 4.39. The minimum absolute atomic E-state index is 0.0170. The average Bonchev–Trinajstić information content (AvgIpc) is 3.28. The van der Waals surface area contributed by atoms with E-state index in [0.29, 0.717) is 24.3 Å². The summed E-state index contributed by atoms with van der Waals surface area (Å²) in [6.07, 6.45) is 0.152. The van der Waals surface area contributed by atoms with Crippen molar-refractivity contribution < 1.29 is 13.6 Å². The molecule has 136 valence electrons. The van der Waals surface area contributed by atoms with Gasteiger partial charge < -0.3 is 4.90 Å². The molecule has 4 heterocycles. The zero-order valence-corrected chi connectivity index (χ0v) is 14.9. The number of hydrogen-bond donors (Lipinski definition) is 0. The number of carbonyl (C=O) groups excluding carboxylic acids is 1. The SMILES string of the molecule is Cc1cc(C(=O)N2CCC[C@@H](c3cc(C(F)F)n4ncnc4n3)C2)cs1. The van der Waals surface area contributed by atoms with Crippen LogP contribution in [0.15, 0.2) is 23.8 Å². The minimum Gasteiger partial charge on any atom is -0.338 e. The van der Waals surface area contributed by atoms with Gasteiger partial charge in [0.05, 0.1) is 11.3 Å². The van der Waals surface area contributed by atoms with Gasteiger partial charge in [0.15, 0.2) is 0 Å². The van der Waals surface area contributed by atoms with Crippen LogP contribution in [0.25, 0.3) is 5.78 Å². The van der Waals surface area contributed by atoms with Gasteiger partial charge in [0.2, 0.25) is 0 Å². The molecule has 1 saturated heterocycles. The van der Waals surface area contributed by atoms with E-state index in [0.717, 1.165) is 22.2 Å². The highest BCUT2D eigenvalue weighted by atomic mass is 32.1. The van der Waals surface area contributed by atoms with Crippen LogP contribution >= 0.6 is 11.3 Å². The van der Waals surface area contributed by atoms with Crippen LogP contribution < -0.4 is 0 Å². The van der Waals surface area contributed by atoms with Crippen LogP contribution in [-0.2, 0) is 0 Å². The number of amides is 1. The summed E-state index contributed by atoms with van der Waals surface area (Å²) in [7, 11) is 0. The lowest BCUT2D eigenvalue weighted by Crippen LogP contribution is -2.39. The average molecular weight is 377 g/mol. The van der Waals surface area contributed by atoms with Crippen LogP contribution in [0.2, 0.25) is 0 Å². The summed E-state index contributed by atoms with van der Waals surface area (Å²) in [4.78, 5) is 23.9. The number of nitrogens with zero attached hydrogens (tertiary/aromatic N) is 5. The van der Waals surface area contributed by atoms with Gasteiger partial charge in [-0.05, 0) is 31.9 Å². The molecule has 1 amide bonds. The summed E-state index contributed by atoms with van der Waals surface area (Å²) in [5.41, 5.74) is 1.00. The van der Waals surface area contributed by atoms with Crippen molar-refractivity contribution in [2.24, 2.45) is 0 Å². The molecule has 0 radical (unpaired) electrons. The van der Waals surface area contributed by atoms with E-state index in [1.165, 1.54) is 12.4 Å². The van der Waals surface area contributed by atoms with Crippen LogP contribution in [0.3, 0.4) is 0 Å².